The Hall–Kier alpha value is -0.740. The van der Waals surface area contributed by atoms with Crippen LogP contribution in [-0.2, 0) is 6.42 Å². The number of ether oxygens (including phenoxy) is 2. The molecule has 0 atom stereocenters. The van der Waals surface area contributed by atoms with Crippen LogP contribution in [0.25, 0.3) is 0 Å². The maximum atomic E-state index is 5.48. The Kier molecular flexibility index (Phi) is 4.91. The van der Waals surface area contributed by atoms with Crippen molar-refractivity contribution >= 4 is 15.9 Å². The monoisotopic (exact) mass is 273 g/mol. The normalized spacial score (nSPS) is 10.1. The van der Waals surface area contributed by atoms with E-state index in [4.69, 9.17) is 15.2 Å². The van der Waals surface area contributed by atoms with Crippen molar-refractivity contribution in [3.8, 4) is 11.5 Å². The smallest absolute Gasteiger partial charge is 0.175 e. The first kappa shape index (κ1) is 12.3. The molecular weight excluding hydrogens is 258 g/mol. The van der Waals surface area contributed by atoms with Gasteiger partial charge in [-0.25, -0.2) is 0 Å². The summed E-state index contributed by atoms with van der Waals surface area (Å²) in [5.74, 6) is 1.48. The second-order valence-electron chi connectivity index (χ2n) is 3.17. The second kappa shape index (κ2) is 5.98. The third-order valence-corrected chi connectivity index (χ3v) is 3.08. The van der Waals surface area contributed by atoms with Crippen LogP contribution in [0.15, 0.2) is 16.6 Å². The summed E-state index contributed by atoms with van der Waals surface area (Å²) in [5.41, 5.74) is 6.67. The van der Waals surface area contributed by atoms with Crippen LogP contribution in [0.2, 0.25) is 0 Å². The lowest BCUT2D eigenvalue weighted by Crippen LogP contribution is -2.01. The van der Waals surface area contributed by atoms with Crippen LogP contribution in [0.4, 0.5) is 0 Å². The summed E-state index contributed by atoms with van der Waals surface area (Å²) >= 11 is 3.52. The number of hydrogen-bond acceptors (Lipinski definition) is 3. The standard InChI is InChI=1S/C11H16BrNO2/c1-14-9-6-5-8(4-3-7-13)10(12)11(9)15-2/h5-6H,3-4,7,13H2,1-2H3. The highest BCUT2D eigenvalue weighted by Crippen LogP contribution is 2.37. The molecule has 1 aromatic carbocycles. The van der Waals surface area contributed by atoms with Gasteiger partial charge in [0.15, 0.2) is 11.5 Å². The van der Waals surface area contributed by atoms with Gasteiger partial charge in [0, 0.05) is 0 Å². The summed E-state index contributed by atoms with van der Waals surface area (Å²) in [6.07, 6.45) is 1.91. The number of methoxy groups -OCH3 is 2. The first-order chi connectivity index (χ1) is 7.24. The van der Waals surface area contributed by atoms with Crippen molar-refractivity contribution in [2.75, 3.05) is 20.8 Å². The van der Waals surface area contributed by atoms with Crippen molar-refractivity contribution in [3.05, 3.63) is 22.2 Å². The Labute approximate surface area is 98.7 Å². The molecule has 0 heterocycles. The summed E-state index contributed by atoms with van der Waals surface area (Å²) < 4.78 is 11.4. The predicted molar refractivity (Wildman–Crippen MR) is 64.6 cm³/mol. The largest absolute Gasteiger partial charge is 0.493 e. The average molecular weight is 274 g/mol. The molecule has 0 unspecified atom stereocenters. The van der Waals surface area contributed by atoms with Gasteiger partial charge in [0.05, 0.1) is 18.7 Å². The second-order valence-corrected chi connectivity index (χ2v) is 3.96. The van der Waals surface area contributed by atoms with E-state index in [1.165, 1.54) is 5.56 Å². The first-order valence-corrected chi connectivity index (χ1v) is 5.63. The van der Waals surface area contributed by atoms with E-state index in [1.54, 1.807) is 14.2 Å². The minimum absolute atomic E-state index is 0.695. The Bertz CT molecular complexity index is 329. The molecule has 0 saturated heterocycles. The van der Waals surface area contributed by atoms with E-state index in [-0.39, 0.29) is 0 Å². The molecule has 0 aromatic heterocycles. The van der Waals surface area contributed by atoms with Crippen molar-refractivity contribution in [1.29, 1.82) is 0 Å². The van der Waals surface area contributed by atoms with Crippen molar-refractivity contribution < 1.29 is 9.47 Å². The van der Waals surface area contributed by atoms with Gasteiger partial charge in [0.2, 0.25) is 0 Å². The quantitative estimate of drug-likeness (QED) is 0.896. The van der Waals surface area contributed by atoms with Gasteiger partial charge in [-0.1, -0.05) is 6.07 Å². The van der Waals surface area contributed by atoms with Gasteiger partial charge >= 0.3 is 0 Å². The molecule has 3 nitrogen and oxygen atoms in total. The van der Waals surface area contributed by atoms with Gasteiger partial charge in [-0.05, 0) is 46.9 Å². The van der Waals surface area contributed by atoms with Crippen LogP contribution in [0, 0.1) is 0 Å². The number of rotatable bonds is 5. The fourth-order valence-corrected chi connectivity index (χ4v) is 2.10. The maximum Gasteiger partial charge on any atom is 0.175 e. The molecule has 0 amide bonds. The number of benzene rings is 1. The van der Waals surface area contributed by atoms with Crippen molar-refractivity contribution in [3.63, 3.8) is 0 Å². The minimum atomic E-state index is 0.695. The van der Waals surface area contributed by atoms with Gasteiger partial charge in [-0.15, -0.1) is 0 Å². The lowest BCUT2D eigenvalue weighted by atomic mass is 10.1. The third kappa shape index (κ3) is 2.86. The zero-order valence-corrected chi connectivity index (χ0v) is 10.6. The van der Waals surface area contributed by atoms with Crippen LogP contribution in [-0.4, -0.2) is 20.8 Å². The summed E-state index contributed by atoms with van der Waals surface area (Å²) in [4.78, 5) is 0. The van der Waals surface area contributed by atoms with Crippen molar-refractivity contribution in [2.45, 2.75) is 12.8 Å². The minimum Gasteiger partial charge on any atom is -0.493 e. The number of nitrogens with two attached hydrogens (primary N) is 1. The molecule has 0 aliphatic heterocycles. The average Bonchev–Trinajstić information content (AvgIpc) is 2.27. The van der Waals surface area contributed by atoms with Crippen LogP contribution in [0.5, 0.6) is 11.5 Å². The fourth-order valence-electron chi connectivity index (χ4n) is 1.42. The third-order valence-electron chi connectivity index (χ3n) is 2.22. The summed E-state index contributed by atoms with van der Waals surface area (Å²) in [6.45, 7) is 0.695. The molecule has 84 valence electrons. The predicted octanol–water partition coefficient (Wildman–Crippen LogP) is 2.36. The molecule has 2 N–H and O–H groups in total. The summed E-state index contributed by atoms with van der Waals surface area (Å²) in [7, 11) is 3.26. The Morgan fingerprint density at radius 1 is 1.27 bits per heavy atom. The number of aryl methyl sites for hydroxylation is 1. The lowest BCUT2D eigenvalue weighted by molar-refractivity contribution is 0.352. The molecule has 15 heavy (non-hydrogen) atoms. The van der Waals surface area contributed by atoms with E-state index in [0.29, 0.717) is 6.54 Å². The Morgan fingerprint density at radius 2 is 2.00 bits per heavy atom. The van der Waals surface area contributed by atoms with E-state index in [2.05, 4.69) is 15.9 Å². The molecule has 0 aliphatic rings. The molecule has 1 rings (SSSR count). The van der Waals surface area contributed by atoms with E-state index >= 15 is 0 Å². The Balaban J connectivity index is 3.00. The SMILES string of the molecule is COc1ccc(CCCN)c(Br)c1OC. The van der Waals surface area contributed by atoms with Gasteiger partial charge in [0.25, 0.3) is 0 Å². The highest BCUT2D eigenvalue weighted by Gasteiger charge is 2.11. The molecule has 0 saturated carbocycles. The van der Waals surface area contributed by atoms with Gasteiger partial charge < -0.3 is 15.2 Å². The van der Waals surface area contributed by atoms with Crippen LogP contribution in [0.3, 0.4) is 0 Å². The van der Waals surface area contributed by atoms with Crippen molar-refractivity contribution in [1.82, 2.24) is 0 Å². The zero-order chi connectivity index (χ0) is 11.3. The fraction of sp³-hybridized carbons (Fsp3) is 0.455. The lowest BCUT2D eigenvalue weighted by Gasteiger charge is -2.12. The molecule has 0 fully saturated rings. The number of halogens is 1. The molecule has 0 aliphatic carbocycles. The van der Waals surface area contributed by atoms with Gasteiger partial charge in [-0.2, -0.15) is 0 Å². The van der Waals surface area contributed by atoms with Gasteiger partial charge in [0.1, 0.15) is 0 Å². The molecule has 1 aromatic rings. The summed E-state index contributed by atoms with van der Waals surface area (Å²) in [5, 5.41) is 0. The summed E-state index contributed by atoms with van der Waals surface area (Å²) in [6, 6.07) is 3.94. The number of hydrogen-bond donors (Lipinski definition) is 1. The first-order valence-electron chi connectivity index (χ1n) is 4.84. The van der Waals surface area contributed by atoms with Gasteiger partial charge in [-0.3, -0.25) is 0 Å². The molecule has 0 spiro atoms. The molecular formula is C11H16BrNO2. The van der Waals surface area contributed by atoms with Crippen molar-refractivity contribution in [2.24, 2.45) is 5.73 Å². The van der Waals surface area contributed by atoms with Crippen LogP contribution >= 0.6 is 15.9 Å². The molecule has 0 radical (unpaired) electrons. The van der Waals surface area contributed by atoms with Crippen LogP contribution < -0.4 is 15.2 Å². The van der Waals surface area contributed by atoms with E-state index in [1.807, 2.05) is 12.1 Å². The maximum absolute atomic E-state index is 5.48. The molecule has 0 bridgehead atoms. The highest BCUT2D eigenvalue weighted by atomic mass is 79.9. The molecule has 4 heteroatoms. The van der Waals surface area contributed by atoms with E-state index in [0.717, 1.165) is 28.8 Å². The van der Waals surface area contributed by atoms with E-state index in [9.17, 15) is 0 Å². The zero-order valence-electron chi connectivity index (χ0n) is 9.05. The van der Waals surface area contributed by atoms with E-state index < -0.39 is 0 Å². The Morgan fingerprint density at radius 3 is 2.53 bits per heavy atom. The van der Waals surface area contributed by atoms with Crippen LogP contribution in [0.1, 0.15) is 12.0 Å². The topological polar surface area (TPSA) is 44.5 Å². The highest BCUT2D eigenvalue weighted by molar-refractivity contribution is 9.10.